The molecular formula is C12H16ClN3O4S. The van der Waals surface area contributed by atoms with Crippen molar-refractivity contribution in [1.82, 2.24) is 15.0 Å². The first-order valence-electron chi connectivity index (χ1n) is 6.50. The van der Waals surface area contributed by atoms with Gasteiger partial charge in [-0.1, -0.05) is 11.6 Å². The van der Waals surface area contributed by atoms with Crippen molar-refractivity contribution >= 4 is 27.7 Å². The molecule has 0 atom stereocenters. The molecule has 1 amide bonds. The van der Waals surface area contributed by atoms with Gasteiger partial charge in [-0.3, -0.25) is 0 Å². The average molecular weight is 334 g/mol. The van der Waals surface area contributed by atoms with E-state index >= 15 is 0 Å². The zero-order valence-corrected chi connectivity index (χ0v) is 12.7. The molecule has 0 bridgehead atoms. The van der Waals surface area contributed by atoms with Crippen molar-refractivity contribution in [2.75, 3.05) is 0 Å². The number of nitrogens with one attached hydrogen (secondary N) is 2. The van der Waals surface area contributed by atoms with E-state index in [1.165, 1.54) is 18.3 Å². The second kappa shape index (κ2) is 6.59. The summed E-state index contributed by atoms with van der Waals surface area (Å²) in [4.78, 5) is 14.4. The number of carboxylic acid groups (broad SMARTS) is 1. The van der Waals surface area contributed by atoms with Gasteiger partial charge in [-0.15, -0.1) is 0 Å². The number of nitrogens with zero attached hydrogens (tertiary/aromatic N) is 1. The van der Waals surface area contributed by atoms with Crippen LogP contribution in [0, 0.1) is 0 Å². The van der Waals surface area contributed by atoms with Gasteiger partial charge in [0, 0.05) is 18.3 Å². The van der Waals surface area contributed by atoms with E-state index in [-0.39, 0.29) is 22.1 Å². The summed E-state index contributed by atoms with van der Waals surface area (Å²) in [6.45, 7) is 0. The molecule has 3 N–H and O–H groups in total. The van der Waals surface area contributed by atoms with Crippen molar-refractivity contribution in [2.45, 2.75) is 42.7 Å². The number of rotatable bonds is 4. The molecule has 1 aliphatic rings. The molecule has 116 valence electrons. The third kappa shape index (κ3) is 4.55. The zero-order chi connectivity index (χ0) is 15.5. The van der Waals surface area contributed by atoms with Crippen LogP contribution in [0.3, 0.4) is 0 Å². The molecule has 1 heterocycles. The Kier molecular flexibility index (Phi) is 5.02. The second-order valence-corrected chi connectivity index (χ2v) is 7.04. The van der Waals surface area contributed by atoms with Crippen LogP contribution in [0.25, 0.3) is 0 Å². The van der Waals surface area contributed by atoms with Crippen LogP contribution < -0.4 is 10.0 Å². The number of carbonyl (C=O) groups is 1. The highest BCUT2D eigenvalue weighted by Gasteiger charge is 2.26. The van der Waals surface area contributed by atoms with Gasteiger partial charge < -0.3 is 10.4 Å². The van der Waals surface area contributed by atoms with E-state index in [0.29, 0.717) is 25.7 Å². The maximum absolute atomic E-state index is 12.2. The molecule has 1 fully saturated rings. The van der Waals surface area contributed by atoms with Crippen LogP contribution in [0.1, 0.15) is 25.7 Å². The Hall–Kier alpha value is -1.38. The van der Waals surface area contributed by atoms with E-state index in [0.717, 1.165) is 0 Å². The summed E-state index contributed by atoms with van der Waals surface area (Å²) < 4.78 is 27.0. The Morgan fingerprint density at radius 1 is 1.24 bits per heavy atom. The Bertz CT molecular complexity index is 597. The highest BCUT2D eigenvalue weighted by molar-refractivity contribution is 7.89. The maximum Gasteiger partial charge on any atom is 0.404 e. The van der Waals surface area contributed by atoms with Crippen molar-refractivity contribution in [1.29, 1.82) is 0 Å². The Morgan fingerprint density at radius 3 is 2.38 bits per heavy atom. The van der Waals surface area contributed by atoms with Crippen molar-refractivity contribution < 1.29 is 18.3 Å². The number of pyridine rings is 1. The Morgan fingerprint density at radius 2 is 1.86 bits per heavy atom. The molecule has 1 saturated carbocycles. The number of halogens is 1. The Labute approximate surface area is 127 Å². The molecule has 0 aromatic carbocycles. The summed E-state index contributed by atoms with van der Waals surface area (Å²) in [5.74, 6) is 0. The van der Waals surface area contributed by atoms with E-state index in [2.05, 4.69) is 15.0 Å². The zero-order valence-electron chi connectivity index (χ0n) is 11.1. The number of hydrogen-bond donors (Lipinski definition) is 3. The quantitative estimate of drug-likeness (QED) is 0.725. The van der Waals surface area contributed by atoms with Crippen molar-refractivity contribution in [3.05, 3.63) is 23.5 Å². The third-order valence-electron chi connectivity index (χ3n) is 3.39. The number of sulfonamides is 1. The lowest BCUT2D eigenvalue weighted by molar-refractivity contribution is 0.184. The molecule has 0 unspecified atom stereocenters. The first-order chi connectivity index (χ1) is 9.87. The van der Waals surface area contributed by atoms with Gasteiger partial charge in [0.25, 0.3) is 0 Å². The van der Waals surface area contributed by atoms with E-state index in [1.54, 1.807) is 0 Å². The fraction of sp³-hybridized carbons (Fsp3) is 0.500. The minimum atomic E-state index is -3.63. The molecule has 9 heteroatoms. The highest BCUT2D eigenvalue weighted by Crippen LogP contribution is 2.21. The van der Waals surface area contributed by atoms with Crippen molar-refractivity contribution in [3.8, 4) is 0 Å². The lowest BCUT2D eigenvalue weighted by Gasteiger charge is -2.28. The van der Waals surface area contributed by atoms with Gasteiger partial charge in [0.1, 0.15) is 10.0 Å². The SMILES string of the molecule is O=C(O)NC1CCC(NS(=O)(=O)c2ccc(Cl)nc2)CC1. The largest absolute Gasteiger partial charge is 0.465 e. The summed E-state index contributed by atoms with van der Waals surface area (Å²) in [6.07, 6.45) is 2.56. The van der Waals surface area contributed by atoms with Crippen LogP contribution in [0.4, 0.5) is 4.79 Å². The van der Waals surface area contributed by atoms with Crippen molar-refractivity contribution in [3.63, 3.8) is 0 Å². The first-order valence-corrected chi connectivity index (χ1v) is 8.36. The highest BCUT2D eigenvalue weighted by atomic mass is 35.5. The predicted molar refractivity (Wildman–Crippen MR) is 76.8 cm³/mol. The standard InChI is InChI=1S/C12H16ClN3O4S/c13-11-6-5-10(7-14-11)21(19,20)16-9-3-1-8(2-4-9)15-12(17)18/h5-9,15-16H,1-4H2,(H,17,18). The van der Waals surface area contributed by atoms with Crippen LogP contribution in [0.5, 0.6) is 0 Å². The number of amides is 1. The molecule has 21 heavy (non-hydrogen) atoms. The van der Waals surface area contributed by atoms with Crippen molar-refractivity contribution in [2.24, 2.45) is 0 Å². The van der Waals surface area contributed by atoms with E-state index in [4.69, 9.17) is 16.7 Å². The molecule has 0 radical (unpaired) electrons. The molecule has 1 aromatic rings. The van der Waals surface area contributed by atoms with Crippen LogP contribution >= 0.6 is 11.6 Å². The molecule has 0 aliphatic heterocycles. The van der Waals surface area contributed by atoms with Crippen LogP contribution in [0.15, 0.2) is 23.2 Å². The fourth-order valence-electron chi connectivity index (χ4n) is 2.34. The molecule has 0 spiro atoms. The molecule has 1 aliphatic carbocycles. The number of aromatic nitrogens is 1. The number of hydrogen-bond acceptors (Lipinski definition) is 4. The summed E-state index contributed by atoms with van der Waals surface area (Å²) in [6, 6.07) is 2.51. The van der Waals surface area contributed by atoms with E-state index < -0.39 is 16.1 Å². The second-order valence-electron chi connectivity index (χ2n) is 4.94. The lowest BCUT2D eigenvalue weighted by Crippen LogP contribution is -2.43. The smallest absolute Gasteiger partial charge is 0.404 e. The monoisotopic (exact) mass is 333 g/mol. The summed E-state index contributed by atoms with van der Waals surface area (Å²) >= 11 is 5.63. The first kappa shape index (κ1) is 16.0. The molecule has 1 aromatic heterocycles. The third-order valence-corrected chi connectivity index (χ3v) is 5.12. The molecule has 0 saturated heterocycles. The summed E-state index contributed by atoms with van der Waals surface area (Å²) in [7, 11) is -3.63. The van der Waals surface area contributed by atoms with Crippen LogP contribution in [0.2, 0.25) is 5.15 Å². The van der Waals surface area contributed by atoms with Gasteiger partial charge in [0.15, 0.2) is 0 Å². The topological polar surface area (TPSA) is 108 Å². The van der Waals surface area contributed by atoms with Gasteiger partial charge in [-0.2, -0.15) is 0 Å². The van der Waals surface area contributed by atoms with E-state index in [1.807, 2.05) is 0 Å². The van der Waals surface area contributed by atoms with Gasteiger partial charge in [-0.05, 0) is 37.8 Å². The average Bonchev–Trinajstić information content (AvgIpc) is 2.40. The summed E-state index contributed by atoms with van der Waals surface area (Å²) in [5.41, 5.74) is 0. The van der Waals surface area contributed by atoms with Gasteiger partial charge >= 0.3 is 6.09 Å². The van der Waals surface area contributed by atoms with Gasteiger partial charge in [-0.25, -0.2) is 22.9 Å². The minimum Gasteiger partial charge on any atom is -0.465 e. The fourth-order valence-corrected chi connectivity index (χ4v) is 3.70. The molecule has 2 rings (SSSR count). The van der Waals surface area contributed by atoms with Crippen LogP contribution in [-0.2, 0) is 10.0 Å². The summed E-state index contributed by atoms with van der Waals surface area (Å²) in [5, 5.41) is 11.3. The van der Waals surface area contributed by atoms with Crippen LogP contribution in [-0.4, -0.2) is 36.7 Å². The minimum absolute atomic E-state index is 0.0673. The van der Waals surface area contributed by atoms with Gasteiger partial charge in [0.05, 0.1) is 0 Å². The maximum atomic E-state index is 12.2. The van der Waals surface area contributed by atoms with E-state index in [9.17, 15) is 13.2 Å². The lowest BCUT2D eigenvalue weighted by atomic mass is 9.92. The molecule has 7 nitrogen and oxygen atoms in total. The predicted octanol–water partition coefficient (Wildman–Crippen LogP) is 1.59. The molecular weight excluding hydrogens is 318 g/mol. The normalized spacial score (nSPS) is 22.7. The Balaban J connectivity index is 1.93. The van der Waals surface area contributed by atoms with Gasteiger partial charge in [0.2, 0.25) is 10.0 Å².